The van der Waals surface area contributed by atoms with Crippen molar-refractivity contribution in [3.05, 3.63) is 59.7 Å². The van der Waals surface area contributed by atoms with E-state index in [0.29, 0.717) is 12.2 Å². The van der Waals surface area contributed by atoms with Crippen LogP contribution in [0.5, 0.6) is 0 Å². The van der Waals surface area contributed by atoms with Crippen LogP contribution >= 0.6 is 11.8 Å². The molecule has 0 saturated carbocycles. The highest BCUT2D eigenvalue weighted by Crippen LogP contribution is 2.35. The number of imidazole rings is 1. The first-order valence-electron chi connectivity index (χ1n) is 10.1. The predicted molar refractivity (Wildman–Crippen MR) is 119 cm³/mol. The van der Waals surface area contributed by atoms with Crippen LogP contribution in [0.25, 0.3) is 22.5 Å². The second-order valence-corrected chi connectivity index (χ2v) is 9.31. The Labute approximate surface area is 180 Å². The summed E-state index contributed by atoms with van der Waals surface area (Å²) >= 11 is 1.51. The largest absolute Gasteiger partial charge is 0.461 e. The number of ether oxygens (including phenoxy) is 1. The first-order valence-corrected chi connectivity index (χ1v) is 11.1. The lowest BCUT2D eigenvalue weighted by atomic mass is 9.93. The number of H-pyrrole nitrogens is 1. The van der Waals surface area contributed by atoms with E-state index in [0.717, 1.165) is 27.7 Å². The summed E-state index contributed by atoms with van der Waals surface area (Å²) < 4.78 is 5.42. The van der Waals surface area contributed by atoms with E-state index in [-0.39, 0.29) is 18.5 Å². The number of cyclic esters (lactones) is 1. The van der Waals surface area contributed by atoms with Gasteiger partial charge in [-0.15, -0.1) is 0 Å². The van der Waals surface area contributed by atoms with Crippen molar-refractivity contribution >= 4 is 17.7 Å². The number of benzene rings is 2. The second kappa shape index (κ2) is 8.28. The molecule has 0 bridgehead atoms. The van der Waals surface area contributed by atoms with Gasteiger partial charge in [0.05, 0.1) is 23.4 Å². The maximum Gasteiger partial charge on any atom is 0.309 e. The molecule has 0 aliphatic carbocycles. The van der Waals surface area contributed by atoms with E-state index >= 15 is 0 Å². The minimum absolute atomic E-state index is 0.0456. The molecule has 1 unspecified atom stereocenters. The fourth-order valence-electron chi connectivity index (χ4n) is 3.84. The van der Waals surface area contributed by atoms with Crippen molar-refractivity contribution in [1.82, 2.24) is 9.97 Å². The summed E-state index contributed by atoms with van der Waals surface area (Å²) in [5, 5.41) is 11.0. The number of nitrogens with zero attached hydrogens (tertiary/aromatic N) is 1. The summed E-state index contributed by atoms with van der Waals surface area (Å²) in [7, 11) is 0. The monoisotopic (exact) mass is 422 g/mol. The van der Waals surface area contributed by atoms with Crippen LogP contribution in [0.1, 0.15) is 30.9 Å². The van der Waals surface area contributed by atoms with Crippen molar-refractivity contribution in [1.29, 1.82) is 0 Å². The number of thioether (sulfide) groups is 1. The van der Waals surface area contributed by atoms with Crippen LogP contribution in [0.15, 0.2) is 53.7 Å². The Morgan fingerprint density at radius 1 is 1.17 bits per heavy atom. The van der Waals surface area contributed by atoms with Crippen molar-refractivity contribution < 1.29 is 14.6 Å². The van der Waals surface area contributed by atoms with Gasteiger partial charge in [-0.25, -0.2) is 4.98 Å². The van der Waals surface area contributed by atoms with E-state index in [9.17, 15) is 9.90 Å². The summed E-state index contributed by atoms with van der Waals surface area (Å²) in [4.78, 5) is 20.1. The number of aliphatic hydroxyl groups is 1. The quantitative estimate of drug-likeness (QED) is 0.451. The molecule has 1 saturated heterocycles. The molecule has 1 aromatic heterocycles. The van der Waals surface area contributed by atoms with Gasteiger partial charge in [-0.1, -0.05) is 59.3 Å². The van der Waals surface area contributed by atoms with Gasteiger partial charge in [0.1, 0.15) is 6.10 Å². The topological polar surface area (TPSA) is 75.2 Å². The molecule has 30 heavy (non-hydrogen) atoms. The minimum Gasteiger partial charge on any atom is -0.461 e. The van der Waals surface area contributed by atoms with Crippen molar-refractivity contribution in [2.45, 2.75) is 50.5 Å². The van der Waals surface area contributed by atoms with E-state index in [4.69, 9.17) is 9.72 Å². The maximum atomic E-state index is 11.8. The molecular weight excluding hydrogens is 396 g/mol. The molecule has 2 N–H and O–H groups in total. The fraction of sp³-hybridized carbons (Fsp3) is 0.333. The number of esters is 1. The molecule has 0 radical (unpaired) electrons. The number of aromatic amines is 1. The maximum absolute atomic E-state index is 11.8. The zero-order valence-electron chi connectivity index (χ0n) is 17.4. The Hall–Kier alpha value is -2.57. The highest BCUT2D eigenvalue weighted by molar-refractivity contribution is 7.99. The van der Waals surface area contributed by atoms with Crippen LogP contribution in [0.4, 0.5) is 0 Å². The summed E-state index contributed by atoms with van der Waals surface area (Å²) in [6, 6.07) is 16.6. The first-order chi connectivity index (χ1) is 14.3. The van der Waals surface area contributed by atoms with Gasteiger partial charge in [0.25, 0.3) is 0 Å². The van der Waals surface area contributed by atoms with Crippen LogP contribution in [0.3, 0.4) is 0 Å². The number of aryl methyl sites for hydroxylation is 2. The van der Waals surface area contributed by atoms with Gasteiger partial charge in [-0.3, -0.25) is 4.79 Å². The Morgan fingerprint density at radius 2 is 1.83 bits per heavy atom. The summed E-state index contributed by atoms with van der Waals surface area (Å²) in [6.07, 6.45) is 0.146. The number of carbonyl (C=O) groups is 1. The first kappa shape index (κ1) is 20.7. The highest BCUT2D eigenvalue weighted by atomic mass is 32.2. The molecule has 6 heteroatoms. The van der Waals surface area contributed by atoms with Gasteiger partial charge in [0.15, 0.2) is 5.16 Å². The predicted octanol–water partition coefficient (Wildman–Crippen LogP) is 4.91. The molecule has 1 aliphatic heterocycles. The van der Waals surface area contributed by atoms with E-state index in [1.165, 1.54) is 22.9 Å². The number of hydrogen-bond donors (Lipinski definition) is 2. The normalized spacial score (nSPS) is 21.5. The van der Waals surface area contributed by atoms with Crippen molar-refractivity contribution in [3.63, 3.8) is 0 Å². The van der Waals surface area contributed by atoms with Gasteiger partial charge in [-0.05, 0) is 32.9 Å². The third-order valence-corrected chi connectivity index (χ3v) is 6.18. The number of carbonyl (C=O) groups excluding carboxylic acids is 1. The fourth-order valence-corrected chi connectivity index (χ4v) is 4.70. The smallest absolute Gasteiger partial charge is 0.309 e. The molecule has 3 aromatic rings. The third-order valence-electron chi connectivity index (χ3n) is 5.18. The highest BCUT2D eigenvalue weighted by Gasteiger charge is 2.36. The molecule has 2 atom stereocenters. The van der Waals surface area contributed by atoms with Gasteiger partial charge in [0.2, 0.25) is 0 Å². The van der Waals surface area contributed by atoms with Crippen LogP contribution in [0, 0.1) is 13.8 Å². The molecule has 2 heterocycles. The average molecular weight is 423 g/mol. The van der Waals surface area contributed by atoms with Crippen LogP contribution in [-0.4, -0.2) is 38.5 Å². The molecule has 1 fully saturated rings. The molecule has 0 amide bonds. The van der Waals surface area contributed by atoms with Gasteiger partial charge in [-0.2, -0.15) is 0 Å². The molecule has 2 aromatic carbocycles. The van der Waals surface area contributed by atoms with Crippen molar-refractivity contribution in [3.8, 4) is 22.5 Å². The Morgan fingerprint density at radius 3 is 2.50 bits per heavy atom. The average Bonchev–Trinajstić information content (AvgIpc) is 3.09. The third kappa shape index (κ3) is 4.77. The lowest BCUT2D eigenvalue weighted by Crippen LogP contribution is -2.41. The molecular formula is C24H26N2O3S. The van der Waals surface area contributed by atoms with E-state index < -0.39 is 5.60 Å². The standard InChI is InChI=1S/C24H26N2O3S/c1-15-6-4-8-17(10-15)21-22(18-9-5-7-16(2)11-18)26-23(25-21)30-14-19-12-24(3,28)13-20(27)29-19/h4-11,19,28H,12-14H2,1-3H3,(H,25,26)/t19-,24?/m0/s1. The molecule has 0 spiro atoms. The molecule has 1 aliphatic rings. The Kier molecular flexibility index (Phi) is 5.71. The van der Waals surface area contributed by atoms with E-state index in [2.05, 4.69) is 55.2 Å². The second-order valence-electron chi connectivity index (χ2n) is 8.31. The zero-order chi connectivity index (χ0) is 21.3. The SMILES string of the molecule is Cc1cccc(-c2nc(SC[C@@H]3CC(C)(O)CC(=O)O3)[nH]c2-c2cccc(C)c2)c1. The number of nitrogens with one attached hydrogen (secondary N) is 1. The molecule has 5 nitrogen and oxygen atoms in total. The van der Waals surface area contributed by atoms with Crippen LogP contribution in [0.2, 0.25) is 0 Å². The van der Waals surface area contributed by atoms with Crippen LogP contribution < -0.4 is 0 Å². The molecule has 4 rings (SSSR count). The summed E-state index contributed by atoms with van der Waals surface area (Å²) in [5.74, 6) is 0.188. The lowest BCUT2D eigenvalue weighted by molar-refractivity contribution is -0.165. The van der Waals surface area contributed by atoms with Crippen LogP contribution in [-0.2, 0) is 9.53 Å². The number of aromatic nitrogens is 2. The molecule has 156 valence electrons. The van der Waals surface area contributed by atoms with E-state index in [1.54, 1.807) is 6.92 Å². The number of hydrogen-bond acceptors (Lipinski definition) is 5. The number of rotatable bonds is 5. The van der Waals surface area contributed by atoms with Gasteiger partial charge >= 0.3 is 5.97 Å². The Bertz CT molecular complexity index is 1010. The Balaban J connectivity index is 1.63. The van der Waals surface area contributed by atoms with E-state index in [1.807, 2.05) is 12.1 Å². The summed E-state index contributed by atoms with van der Waals surface area (Å²) in [6.45, 7) is 5.83. The van der Waals surface area contributed by atoms with Gasteiger partial charge in [0, 0.05) is 23.3 Å². The van der Waals surface area contributed by atoms with Crippen molar-refractivity contribution in [2.24, 2.45) is 0 Å². The zero-order valence-corrected chi connectivity index (χ0v) is 18.3. The van der Waals surface area contributed by atoms with Gasteiger partial charge < -0.3 is 14.8 Å². The van der Waals surface area contributed by atoms with Crippen molar-refractivity contribution in [2.75, 3.05) is 5.75 Å². The minimum atomic E-state index is -1.01. The lowest BCUT2D eigenvalue weighted by Gasteiger charge is -2.32. The summed E-state index contributed by atoms with van der Waals surface area (Å²) in [5.41, 5.74) is 5.36.